The second-order valence-corrected chi connectivity index (χ2v) is 10.4. The Morgan fingerprint density at radius 3 is 2.30 bits per heavy atom. The van der Waals surface area contributed by atoms with Crippen molar-refractivity contribution in [2.45, 2.75) is 71.8 Å². The SMILES string of the molecule is CC1=C(C)C[C@H](C(=O)Nc2sc3c(c2C(=O)NC2CC2)CC[C@H](C)C3)[C@@H](C(=O)O)C1. The number of thiophene rings is 1. The Morgan fingerprint density at radius 2 is 1.67 bits per heavy atom. The van der Waals surface area contributed by atoms with Gasteiger partial charge in [-0.25, -0.2) is 0 Å². The summed E-state index contributed by atoms with van der Waals surface area (Å²) in [6.07, 6.45) is 5.65. The highest BCUT2D eigenvalue weighted by Crippen LogP contribution is 2.41. The van der Waals surface area contributed by atoms with Crippen molar-refractivity contribution in [3.05, 3.63) is 27.2 Å². The molecule has 0 aromatic carbocycles. The number of rotatable bonds is 5. The summed E-state index contributed by atoms with van der Waals surface area (Å²) in [6.45, 7) is 6.11. The van der Waals surface area contributed by atoms with Gasteiger partial charge in [-0.1, -0.05) is 18.1 Å². The summed E-state index contributed by atoms with van der Waals surface area (Å²) in [5.74, 6) is -2.13. The molecule has 0 saturated heterocycles. The first-order chi connectivity index (χ1) is 14.2. The average Bonchev–Trinajstić information content (AvgIpc) is 3.42. The largest absolute Gasteiger partial charge is 0.481 e. The van der Waals surface area contributed by atoms with E-state index in [1.54, 1.807) is 0 Å². The van der Waals surface area contributed by atoms with Gasteiger partial charge in [0.15, 0.2) is 0 Å². The van der Waals surface area contributed by atoms with Crippen molar-refractivity contribution in [2.24, 2.45) is 17.8 Å². The summed E-state index contributed by atoms with van der Waals surface area (Å²) in [5, 5.41) is 16.3. The second-order valence-electron chi connectivity index (χ2n) is 9.31. The summed E-state index contributed by atoms with van der Waals surface area (Å²) in [4.78, 5) is 39.2. The maximum absolute atomic E-state index is 13.2. The number of nitrogens with one attached hydrogen (secondary N) is 2. The number of aliphatic carboxylic acids is 1. The van der Waals surface area contributed by atoms with Crippen molar-refractivity contribution in [2.75, 3.05) is 5.32 Å². The standard InChI is InChI=1S/C23H30N2O4S/c1-11-4-7-15-18(8-11)30-22(19(15)21(27)24-14-5-6-14)25-20(26)16-9-12(2)13(3)10-17(16)23(28)29/h11,14,16-17H,4-10H2,1-3H3,(H,24,27)(H,25,26)(H,28,29)/t11-,16-,17-/m0/s1. The Morgan fingerprint density at radius 1 is 1.00 bits per heavy atom. The molecular weight excluding hydrogens is 400 g/mol. The van der Waals surface area contributed by atoms with Crippen LogP contribution in [0.3, 0.4) is 0 Å². The van der Waals surface area contributed by atoms with E-state index in [9.17, 15) is 19.5 Å². The van der Waals surface area contributed by atoms with E-state index in [4.69, 9.17) is 0 Å². The monoisotopic (exact) mass is 430 g/mol. The van der Waals surface area contributed by atoms with Crippen LogP contribution in [0.25, 0.3) is 0 Å². The number of carboxylic acids is 1. The van der Waals surface area contributed by atoms with E-state index >= 15 is 0 Å². The molecule has 3 aliphatic carbocycles. The molecule has 3 atom stereocenters. The third kappa shape index (κ3) is 4.17. The minimum atomic E-state index is -0.937. The second kappa shape index (κ2) is 8.17. The first-order valence-corrected chi connectivity index (χ1v) is 11.7. The molecule has 162 valence electrons. The van der Waals surface area contributed by atoms with Gasteiger partial charge in [0.05, 0.1) is 17.4 Å². The van der Waals surface area contributed by atoms with Gasteiger partial charge in [-0.05, 0) is 70.3 Å². The predicted molar refractivity (Wildman–Crippen MR) is 117 cm³/mol. The summed E-state index contributed by atoms with van der Waals surface area (Å²) in [5.41, 5.74) is 3.81. The maximum Gasteiger partial charge on any atom is 0.307 e. The highest BCUT2D eigenvalue weighted by atomic mass is 32.1. The minimum Gasteiger partial charge on any atom is -0.481 e. The van der Waals surface area contributed by atoms with Crippen molar-refractivity contribution in [1.82, 2.24) is 5.32 Å². The molecule has 0 bridgehead atoms. The Kier molecular flexibility index (Phi) is 5.75. The Balaban J connectivity index is 1.62. The Hall–Kier alpha value is -2.15. The summed E-state index contributed by atoms with van der Waals surface area (Å²) in [7, 11) is 0. The van der Waals surface area contributed by atoms with E-state index in [-0.39, 0.29) is 17.9 Å². The fourth-order valence-electron chi connectivity index (χ4n) is 4.60. The predicted octanol–water partition coefficient (Wildman–Crippen LogP) is 4.15. The minimum absolute atomic E-state index is 0.106. The molecule has 0 spiro atoms. The number of carboxylic acid groups (broad SMARTS) is 1. The van der Waals surface area contributed by atoms with Gasteiger partial charge >= 0.3 is 5.97 Å². The molecule has 2 amide bonds. The Bertz CT molecular complexity index is 928. The number of amides is 2. The van der Waals surface area contributed by atoms with Crippen molar-refractivity contribution in [3.63, 3.8) is 0 Å². The molecule has 0 aliphatic heterocycles. The Labute approximate surface area is 181 Å². The fourth-order valence-corrected chi connectivity index (χ4v) is 6.01. The van der Waals surface area contributed by atoms with Crippen LogP contribution >= 0.6 is 11.3 Å². The van der Waals surface area contributed by atoms with E-state index in [0.717, 1.165) is 48.8 Å². The summed E-state index contributed by atoms with van der Waals surface area (Å²) >= 11 is 1.49. The van der Waals surface area contributed by atoms with E-state index in [0.29, 0.717) is 29.3 Å². The molecule has 4 rings (SSSR count). The van der Waals surface area contributed by atoms with Gasteiger partial charge in [0, 0.05) is 10.9 Å². The van der Waals surface area contributed by atoms with Crippen molar-refractivity contribution >= 4 is 34.1 Å². The molecular formula is C23H30N2O4S. The first kappa shape index (κ1) is 21.1. The average molecular weight is 431 g/mol. The zero-order chi connectivity index (χ0) is 21.6. The number of hydrogen-bond acceptors (Lipinski definition) is 4. The number of anilines is 1. The lowest BCUT2D eigenvalue weighted by atomic mass is 9.76. The molecule has 3 N–H and O–H groups in total. The molecule has 1 aromatic rings. The van der Waals surface area contributed by atoms with E-state index in [1.165, 1.54) is 16.2 Å². The molecule has 6 nitrogen and oxygen atoms in total. The molecule has 0 unspecified atom stereocenters. The summed E-state index contributed by atoms with van der Waals surface area (Å²) in [6, 6.07) is 0.240. The number of fused-ring (bicyclic) bond motifs is 1. The van der Waals surface area contributed by atoms with Crippen LogP contribution in [0.15, 0.2) is 11.1 Å². The number of hydrogen-bond donors (Lipinski definition) is 3. The van der Waals surface area contributed by atoms with E-state index in [1.807, 2.05) is 13.8 Å². The van der Waals surface area contributed by atoms with Crippen LogP contribution in [0.1, 0.15) is 73.7 Å². The molecule has 0 radical (unpaired) electrons. The number of carbonyl (C=O) groups excluding carboxylic acids is 2. The van der Waals surface area contributed by atoms with Crippen LogP contribution < -0.4 is 10.6 Å². The van der Waals surface area contributed by atoms with Gasteiger partial charge in [-0.15, -0.1) is 11.3 Å². The van der Waals surface area contributed by atoms with Gasteiger partial charge in [0.2, 0.25) is 5.91 Å². The summed E-state index contributed by atoms with van der Waals surface area (Å²) < 4.78 is 0. The smallest absolute Gasteiger partial charge is 0.307 e. The molecule has 1 saturated carbocycles. The zero-order valence-electron chi connectivity index (χ0n) is 17.8. The maximum atomic E-state index is 13.2. The van der Waals surface area contributed by atoms with Crippen LogP contribution in [0.2, 0.25) is 0 Å². The van der Waals surface area contributed by atoms with Gasteiger partial charge in [-0.2, -0.15) is 0 Å². The van der Waals surface area contributed by atoms with Gasteiger partial charge < -0.3 is 15.7 Å². The van der Waals surface area contributed by atoms with Crippen LogP contribution in [0, 0.1) is 17.8 Å². The van der Waals surface area contributed by atoms with Crippen LogP contribution in [0.5, 0.6) is 0 Å². The van der Waals surface area contributed by atoms with Crippen LogP contribution in [0.4, 0.5) is 5.00 Å². The third-order valence-electron chi connectivity index (χ3n) is 6.81. The number of carbonyl (C=O) groups is 3. The fraction of sp³-hybridized carbons (Fsp3) is 0.609. The van der Waals surface area contributed by atoms with Crippen LogP contribution in [-0.2, 0) is 22.4 Å². The molecule has 3 aliphatic rings. The molecule has 7 heteroatoms. The van der Waals surface area contributed by atoms with Crippen molar-refractivity contribution in [1.29, 1.82) is 0 Å². The van der Waals surface area contributed by atoms with Crippen molar-refractivity contribution in [3.8, 4) is 0 Å². The van der Waals surface area contributed by atoms with Gasteiger partial charge in [0.1, 0.15) is 5.00 Å². The third-order valence-corrected chi connectivity index (χ3v) is 7.98. The molecule has 1 aromatic heterocycles. The van der Waals surface area contributed by atoms with Gasteiger partial charge in [0.25, 0.3) is 5.91 Å². The highest BCUT2D eigenvalue weighted by Gasteiger charge is 2.38. The lowest BCUT2D eigenvalue weighted by Gasteiger charge is -2.29. The molecule has 1 heterocycles. The lowest BCUT2D eigenvalue weighted by molar-refractivity contribution is -0.146. The number of allylic oxidation sites excluding steroid dienone is 2. The van der Waals surface area contributed by atoms with E-state index in [2.05, 4.69) is 17.6 Å². The zero-order valence-corrected chi connectivity index (χ0v) is 18.7. The molecule has 30 heavy (non-hydrogen) atoms. The molecule has 1 fully saturated rings. The topological polar surface area (TPSA) is 95.5 Å². The van der Waals surface area contributed by atoms with E-state index < -0.39 is 17.8 Å². The van der Waals surface area contributed by atoms with Crippen LogP contribution in [-0.4, -0.2) is 28.9 Å². The van der Waals surface area contributed by atoms with Crippen molar-refractivity contribution < 1.29 is 19.5 Å². The quantitative estimate of drug-likeness (QED) is 0.612. The highest BCUT2D eigenvalue weighted by molar-refractivity contribution is 7.17. The first-order valence-electron chi connectivity index (χ1n) is 10.9. The van der Waals surface area contributed by atoms with Gasteiger partial charge in [-0.3, -0.25) is 14.4 Å². The normalized spacial score (nSPS) is 26.2. The lowest BCUT2D eigenvalue weighted by Crippen LogP contribution is -2.37.